The lowest BCUT2D eigenvalue weighted by Crippen LogP contribution is -2.16. The Kier molecular flexibility index (Phi) is 7.95. The summed E-state index contributed by atoms with van der Waals surface area (Å²) in [5.41, 5.74) is 18.8. The average molecular weight is 820 g/mol. The van der Waals surface area contributed by atoms with Crippen LogP contribution in [0.2, 0.25) is 0 Å². The number of furan rings is 2. The number of anilines is 3. The summed E-state index contributed by atoms with van der Waals surface area (Å²) in [6.45, 7) is 4.72. The minimum Gasteiger partial charge on any atom is -0.455 e. The molecule has 0 amide bonds. The molecular formula is C61H41NO2. The third kappa shape index (κ3) is 5.47. The molecule has 0 unspecified atom stereocenters. The summed E-state index contributed by atoms with van der Waals surface area (Å²) in [6, 6.07) is 76.5. The van der Waals surface area contributed by atoms with Gasteiger partial charge in [-0.25, -0.2) is 0 Å². The summed E-state index contributed by atoms with van der Waals surface area (Å²) in [6.07, 6.45) is 0. The Morgan fingerprint density at radius 3 is 1.66 bits per heavy atom. The van der Waals surface area contributed by atoms with Crippen LogP contribution < -0.4 is 4.90 Å². The largest absolute Gasteiger partial charge is 0.455 e. The van der Waals surface area contributed by atoms with Crippen molar-refractivity contribution >= 4 is 71.7 Å². The molecule has 0 radical (unpaired) electrons. The number of benzene rings is 10. The summed E-state index contributed by atoms with van der Waals surface area (Å²) >= 11 is 0. The molecule has 64 heavy (non-hydrogen) atoms. The molecule has 10 aromatic carbocycles. The molecule has 0 saturated heterocycles. The van der Waals surface area contributed by atoms with Crippen LogP contribution in [0.1, 0.15) is 25.0 Å². The molecule has 0 fully saturated rings. The van der Waals surface area contributed by atoms with Gasteiger partial charge in [0.2, 0.25) is 0 Å². The summed E-state index contributed by atoms with van der Waals surface area (Å²) in [5.74, 6) is 0. The molecule has 3 nitrogen and oxygen atoms in total. The van der Waals surface area contributed by atoms with Gasteiger partial charge in [-0.05, 0) is 98.2 Å². The van der Waals surface area contributed by atoms with Crippen molar-refractivity contribution in [3.63, 3.8) is 0 Å². The molecule has 0 N–H and O–H groups in total. The van der Waals surface area contributed by atoms with E-state index in [4.69, 9.17) is 8.83 Å². The lowest BCUT2D eigenvalue weighted by Gasteiger charge is -2.28. The maximum Gasteiger partial charge on any atom is 0.143 e. The fourth-order valence-corrected chi connectivity index (χ4v) is 10.7. The molecule has 3 heteroatoms. The quantitative estimate of drug-likeness (QED) is 0.167. The van der Waals surface area contributed by atoms with Crippen LogP contribution in [0.5, 0.6) is 0 Å². The highest BCUT2D eigenvalue weighted by Gasteiger charge is 2.37. The Morgan fingerprint density at radius 1 is 0.359 bits per heavy atom. The third-order valence-electron chi connectivity index (χ3n) is 13.7. The topological polar surface area (TPSA) is 29.5 Å². The van der Waals surface area contributed by atoms with Crippen molar-refractivity contribution in [2.45, 2.75) is 19.3 Å². The van der Waals surface area contributed by atoms with E-state index in [1.807, 2.05) is 12.1 Å². The molecule has 13 rings (SSSR count). The molecule has 1 aliphatic carbocycles. The van der Waals surface area contributed by atoms with Crippen molar-refractivity contribution in [3.8, 4) is 44.5 Å². The molecule has 0 atom stereocenters. The van der Waals surface area contributed by atoms with Crippen molar-refractivity contribution in [2.24, 2.45) is 0 Å². The first kappa shape index (κ1) is 36.5. The van der Waals surface area contributed by atoms with Crippen LogP contribution in [0.15, 0.2) is 221 Å². The summed E-state index contributed by atoms with van der Waals surface area (Å²) in [4.78, 5) is 2.38. The third-order valence-corrected chi connectivity index (χ3v) is 13.7. The molecular weight excluding hydrogens is 779 g/mol. The highest BCUT2D eigenvalue weighted by atomic mass is 16.3. The number of hydrogen-bond donors (Lipinski definition) is 0. The van der Waals surface area contributed by atoms with E-state index in [1.54, 1.807) is 0 Å². The summed E-state index contributed by atoms with van der Waals surface area (Å²) < 4.78 is 13.3. The second kappa shape index (κ2) is 13.9. The molecule has 0 spiro atoms. The molecule has 0 saturated carbocycles. The molecule has 12 aromatic rings. The first-order chi connectivity index (χ1) is 31.5. The van der Waals surface area contributed by atoms with Crippen molar-refractivity contribution in [2.75, 3.05) is 4.90 Å². The van der Waals surface area contributed by atoms with E-state index in [0.717, 1.165) is 83.2 Å². The van der Waals surface area contributed by atoms with Gasteiger partial charge in [0.25, 0.3) is 0 Å². The van der Waals surface area contributed by atoms with E-state index in [2.05, 4.69) is 219 Å². The number of hydrogen-bond acceptors (Lipinski definition) is 3. The Bertz CT molecular complexity index is 3810. The van der Waals surface area contributed by atoms with Crippen molar-refractivity contribution < 1.29 is 8.83 Å². The number of rotatable bonds is 6. The van der Waals surface area contributed by atoms with Crippen molar-refractivity contribution in [1.82, 2.24) is 0 Å². The first-order valence-corrected chi connectivity index (χ1v) is 22.1. The second-order valence-corrected chi connectivity index (χ2v) is 17.6. The fourth-order valence-electron chi connectivity index (χ4n) is 10.7. The van der Waals surface area contributed by atoms with Gasteiger partial charge in [0, 0.05) is 55.0 Å². The van der Waals surface area contributed by atoms with E-state index < -0.39 is 0 Å². The van der Waals surface area contributed by atoms with E-state index in [9.17, 15) is 0 Å². The smallest absolute Gasteiger partial charge is 0.143 e. The van der Waals surface area contributed by atoms with Crippen LogP contribution in [0.25, 0.3) is 99.2 Å². The maximum atomic E-state index is 6.83. The zero-order valence-electron chi connectivity index (χ0n) is 35.5. The Hall–Kier alpha value is -8.14. The van der Waals surface area contributed by atoms with Crippen LogP contribution in [-0.2, 0) is 5.41 Å². The lowest BCUT2D eigenvalue weighted by atomic mass is 9.79. The normalized spacial score (nSPS) is 13.0. The van der Waals surface area contributed by atoms with E-state index >= 15 is 0 Å². The maximum absolute atomic E-state index is 6.83. The Balaban J connectivity index is 0.972. The molecule has 2 aromatic heterocycles. The monoisotopic (exact) mass is 819 g/mol. The van der Waals surface area contributed by atoms with E-state index in [1.165, 1.54) is 44.2 Å². The van der Waals surface area contributed by atoms with Gasteiger partial charge in [-0.15, -0.1) is 0 Å². The predicted octanol–water partition coefficient (Wildman–Crippen LogP) is 17.4. The molecule has 1 aliphatic rings. The van der Waals surface area contributed by atoms with Gasteiger partial charge in [0.15, 0.2) is 0 Å². The van der Waals surface area contributed by atoms with Crippen LogP contribution >= 0.6 is 0 Å². The molecule has 0 bridgehead atoms. The number of nitrogens with zero attached hydrogens (tertiary/aromatic N) is 1. The Morgan fingerprint density at radius 2 is 0.875 bits per heavy atom. The van der Waals surface area contributed by atoms with E-state index in [-0.39, 0.29) is 5.41 Å². The SMILES string of the molecule is CC1(C)c2ccccc2-c2cccc(-c3ccc(N(c4ccc(-c5cccc6c5oc5ccccc56)cc4)c4ccccc4-c4cccc5c4oc4cc6ccccc6cc45)cc3)c21. The minimum atomic E-state index is -0.120. The summed E-state index contributed by atoms with van der Waals surface area (Å²) in [5, 5.41) is 6.84. The number of para-hydroxylation sites is 4. The van der Waals surface area contributed by atoms with Crippen molar-refractivity contribution in [1.29, 1.82) is 0 Å². The molecule has 2 heterocycles. The van der Waals surface area contributed by atoms with Gasteiger partial charge in [-0.1, -0.05) is 178 Å². The highest BCUT2D eigenvalue weighted by Crippen LogP contribution is 2.53. The van der Waals surface area contributed by atoms with Crippen LogP contribution in [0.3, 0.4) is 0 Å². The minimum absolute atomic E-state index is 0.120. The first-order valence-electron chi connectivity index (χ1n) is 22.1. The lowest BCUT2D eigenvalue weighted by molar-refractivity contribution is 0.662. The van der Waals surface area contributed by atoms with Gasteiger partial charge in [-0.2, -0.15) is 0 Å². The van der Waals surface area contributed by atoms with E-state index in [0.29, 0.717) is 0 Å². The molecule has 302 valence electrons. The summed E-state index contributed by atoms with van der Waals surface area (Å²) in [7, 11) is 0. The predicted molar refractivity (Wildman–Crippen MR) is 267 cm³/mol. The Labute approximate surface area is 371 Å². The van der Waals surface area contributed by atoms with Gasteiger partial charge in [0.05, 0.1) is 5.69 Å². The van der Waals surface area contributed by atoms with Crippen LogP contribution in [0, 0.1) is 0 Å². The average Bonchev–Trinajstić information content (AvgIpc) is 3.99. The van der Waals surface area contributed by atoms with Gasteiger partial charge < -0.3 is 13.7 Å². The van der Waals surface area contributed by atoms with Crippen LogP contribution in [0.4, 0.5) is 17.1 Å². The van der Waals surface area contributed by atoms with Gasteiger partial charge >= 0.3 is 0 Å². The van der Waals surface area contributed by atoms with Gasteiger partial charge in [-0.3, -0.25) is 0 Å². The zero-order chi connectivity index (χ0) is 42.5. The standard InChI is InChI=1S/C61H41NO2/c1-61(2)54-25-8-5-16-46(54)49-21-11-19-44(58(49)61)38-28-32-42(33-29-38)62(43-34-30-39(31-35-43)45-20-12-23-51-48-18-7-10-27-56(48)63-59(45)51)55-26-9-6-17-47(55)50-22-13-24-52-53-36-40-14-3-4-15-41(40)37-57(53)64-60(50)52/h3-37H,1-2H3. The van der Waals surface area contributed by atoms with Crippen molar-refractivity contribution in [3.05, 3.63) is 223 Å². The highest BCUT2D eigenvalue weighted by molar-refractivity contribution is 6.14. The fraction of sp³-hybridized carbons (Fsp3) is 0.0492. The number of fused-ring (bicyclic) bond motifs is 10. The van der Waals surface area contributed by atoms with Crippen LogP contribution in [-0.4, -0.2) is 0 Å². The second-order valence-electron chi connectivity index (χ2n) is 17.6. The zero-order valence-corrected chi connectivity index (χ0v) is 35.5. The molecule has 0 aliphatic heterocycles. The van der Waals surface area contributed by atoms with Gasteiger partial charge in [0.1, 0.15) is 22.3 Å².